The van der Waals surface area contributed by atoms with E-state index in [1.807, 2.05) is 66.7 Å². The lowest BCUT2D eigenvalue weighted by Gasteiger charge is -2.32. The molecule has 1 heterocycles. The number of ether oxygens (including phenoxy) is 2. The largest absolute Gasteiger partial charge is 0.498 e. The van der Waals surface area contributed by atoms with Crippen molar-refractivity contribution in [2.75, 3.05) is 5.73 Å². The van der Waals surface area contributed by atoms with Crippen LogP contribution in [-0.4, -0.2) is 42.2 Å². The van der Waals surface area contributed by atoms with Gasteiger partial charge in [-0.15, -0.1) is 0 Å². The summed E-state index contributed by atoms with van der Waals surface area (Å²) in [7, 11) is -0.534. The molecule has 1 saturated carbocycles. The Morgan fingerprint density at radius 3 is 2.23 bits per heavy atom. The van der Waals surface area contributed by atoms with Gasteiger partial charge in [0.25, 0.3) is 0 Å². The summed E-state index contributed by atoms with van der Waals surface area (Å²) in [6.07, 6.45) is 3.05. The normalized spacial score (nSPS) is 25.2. The number of nitrogens with one attached hydrogen (secondary N) is 1. The standard InChI is InChI=1S/C23H37BN2O5/c1-21(2,3)29-20(27)26-16-9-11-17(12-10-16)28-19-13-8-15(25)14-18(19)24-30-22(4,5)23(6,7)31-24/h8,13-14,16-17H,9-12,25H2,1-7H3,(H,26,27). The van der Waals surface area contributed by atoms with Gasteiger partial charge >= 0.3 is 13.2 Å². The lowest BCUT2D eigenvalue weighted by molar-refractivity contribution is 0.00578. The number of benzene rings is 1. The van der Waals surface area contributed by atoms with Gasteiger partial charge in [0, 0.05) is 17.2 Å². The van der Waals surface area contributed by atoms with Crippen molar-refractivity contribution in [1.82, 2.24) is 5.32 Å². The van der Waals surface area contributed by atoms with Crippen molar-refractivity contribution in [2.45, 2.75) is 103 Å². The van der Waals surface area contributed by atoms with Crippen LogP contribution in [0.2, 0.25) is 0 Å². The Balaban J connectivity index is 1.61. The molecule has 3 N–H and O–H groups in total. The fraction of sp³-hybridized carbons (Fsp3) is 0.696. The van der Waals surface area contributed by atoms with E-state index in [1.165, 1.54) is 0 Å². The van der Waals surface area contributed by atoms with Crippen molar-refractivity contribution in [1.29, 1.82) is 0 Å². The van der Waals surface area contributed by atoms with Gasteiger partial charge in [-0.1, -0.05) is 0 Å². The van der Waals surface area contributed by atoms with Crippen LogP contribution < -0.4 is 21.3 Å². The van der Waals surface area contributed by atoms with Crippen LogP contribution in [0.15, 0.2) is 18.2 Å². The van der Waals surface area contributed by atoms with E-state index in [0.29, 0.717) is 5.69 Å². The van der Waals surface area contributed by atoms with Gasteiger partial charge in [0.05, 0.1) is 17.3 Å². The van der Waals surface area contributed by atoms with E-state index in [2.05, 4.69) is 5.32 Å². The van der Waals surface area contributed by atoms with Crippen LogP contribution in [0, 0.1) is 0 Å². The maximum atomic E-state index is 12.0. The van der Waals surface area contributed by atoms with Crippen molar-refractivity contribution < 1.29 is 23.6 Å². The molecule has 0 spiro atoms. The minimum absolute atomic E-state index is 0.0569. The van der Waals surface area contributed by atoms with Gasteiger partial charge in [0.1, 0.15) is 11.4 Å². The molecule has 2 fully saturated rings. The van der Waals surface area contributed by atoms with Crippen molar-refractivity contribution >= 4 is 24.4 Å². The minimum Gasteiger partial charge on any atom is -0.491 e. The van der Waals surface area contributed by atoms with Gasteiger partial charge in [-0.3, -0.25) is 0 Å². The Morgan fingerprint density at radius 1 is 1.10 bits per heavy atom. The number of anilines is 1. The summed E-state index contributed by atoms with van der Waals surface area (Å²) in [5, 5.41) is 2.97. The van der Waals surface area contributed by atoms with E-state index < -0.39 is 23.9 Å². The first kappa shape index (κ1) is 23.7. The highest BCUT2D eigenvalue weighted by atomic mass is 16.7. The highest BCUT2D eigenvalue weighted by Gasteiger charge is 2.52. The second kappa shape index (κ2) is 8.55. The quantitative estimate of drug-likeness (QED) is 0.556. The van der Waals surface area contributed by atoms with E-state index in [9.17, 15) is 4.79 Å². The van der Waals surface area contributed by atoms with Crippen LogP contribution >= 0.6 is 0 Å². The third-order valence-corrected chi connectivity index (χ3v) is 6.23. The third kappa shape index (κ3) is 5.86. The van der Waals surface area contributed by atoms with Crippen LogP contribution in [0.25, 0.3) is 0 Å². The van der Waals surface area contributed by atoms with E-state index in [-0.39, 0.29) is 18.2 Å². The fourth-order valence-electron chi connectivity index (χ4n) is 3.81. The van der Waals surface area contributed by atoms with E-state index >= 15 is 0 Å². The monoisotopic (exact) mass is 432 g/mol. The van der Waals surface area contributed by atoms with Gasteiger partial charge in [0.15, 0.2) is 0 Å². The number of hydrogen-bond donors (Lipinski definition) is 2. The molecule has 1 aliphatic carbocycles. The minimum atomic E-state index is -0.534. The third-order valence-electron chi connectivity index (χ3n) is 6.23. The summed E-state index contributed by atoms with van der Waals surface area (Å²) in [6.45, 7) is 13.7. The summed E-state index contributed by atoms with van der Waals surface area (Å²) in [5.41, 5.74) is 6.13. The average Bonchev–Trinajstić information content (AvgIpc) is 2.84. The predicted octanol–water partition coefficient (Wildman–Crippen LogP) is 3.78. The zero-order valence-electron chi connectivity index (χ0n) is 19.9. The summed E-state index contributed by atoms with van der Waals surface area (Å²) >= 11 is 0. The van der Waals surface area contributed by atoms with E-state index in [4.69, 9.17) is 24.5 Å². The van der Waals surface area contributed by atoms with Gasteiger partial charge in [-0.25, -0.2) is 4.79 Å². The molecule has 0 unspecified atom stereocenters. The van der Waals surface area contributed by atoms with E-state index in [0.717, 1.165) is 36.9 Å². The van der Waals surface area contributed by atoms with Crippen molar-refractivity contribution in [2.24, 2.45) is 0 Å². The zero-order valence-corrected chi connectivity index (χ0v) is 19.9. The van der Waals surface area contributed by atoms with Crippen molar-refractivity contribution in [3.63, 3.8) is 0 Å². The highest BCUT2D eigenvalue weighted by molar-refractivity contribution is 6.63. The lowest BCUT2D eigenvalue weighted by Crippen LogP contribution is -2.42. The molecule has 172 valence electrons. The van der Waals surface area contributed by atoms with E-state index in [1.54, 1.807) is 0 Å². The number of carbonyl (C=O) groups is 1. The van der Waals surface area contributed by atoms with Gasteiger partial charge in [-0.05, 0) is 92.3 Å². The molecule has 8 heteroatoms. The molecule has 1 aromatic carbocycles. The van der Waals surface area contributed by atoms with Crippen LogP contribution in [0.5, 0.6) is 5.75 Å². The Morgan fingerprint density at radius 2 is 1.68 bits per heavy atom. The van der Waals surface area contributed by atoms with Gasteiger partial charge < -0.3 is 29.8 Å². The first-order valence-corrected chi connectivity index (χ1v) is 11.2. The predicted molar refractivity (Wildman–Crippen MR) is 123 cm³/mol. The summed E-state index contributed by atoms with van der Waals surface area (Å²) in [4.78, 5) is 12.0. The molecule has 0 bridgehead atoms. The fourth-order valence-corrected chi connectivity index (χ4v) is 3.81. The Labute approximate surface area is 186 Å². The molecule has 0 aromatic heterocycles. The van der Waals surface area contributed by atoms with Crippen LogP contribution in [0.4, 0.5) is 10.5 Å². The lowest BCUT2D eigenvalue weighted by atomic mass is 9.78. The van der Waals surface area contributed by atoms with Gasteiger partial charge in [0.2, 0.25) is 0 Å². The Hall–Kier alpha value is -1.93. The number of carbonyl (C=O) groups excluding carboxylic acids is 1. The average molecular weight is 432 g/mol. The molecule has 3 rings (SSSR count). The molecule has 0 radical (unpaired) electrons. The van der Waals surface area contributed by atoms with Crippen LogP contribution in [0.3, 0.4) is 0 Å². The molecule has 2 aliphatic rings. The molecule has 0 atom stereocenters. The van der Waals surface area contributed by atoms with Crippen LogP contribution in [0.1, 0.15) is 74.1 Å². The SMILES string of the molecule is CC(C)(C)OC(=O)NC1CCC(Oc2ccc(N)cc2B2OC(C)(C)C(C)(C)O2)CC1. The molecule has 31 heavy (non-hydrogen) atoms. The number of nitrogen functional groups attached to an aromatic ring is 1. The topological polar surface area (TPSA) is 92.0 Å². The molecule has 1 aromatic rings. The second-order valence-corrected chi connectivity index (χ2v) is 10.6. The smallest absolute Gasteiger partial charge is 0.491 e. The van der Waals surface area contributed by atoms with Gasteiger partial charge in [-0.2, -0.15) is 0 Å². The maximum Gasteiger partial charge on any atom is 0.498 e. The number of rotatable bonds is 4. The first-order chi connectivity index (χ1) is 14.3. The molecular formula is C23H37BN2O5. The van der Waals surface area contributed by atoms with Crippen molar-refractivity contribution in [3.05, 3.63) is 18.2 Å². The highest BCUT2D eigenvalue weighted by Crippen LogP contribution is 2.37. The molecule has 1 saturated heterocycles. The van der Waals surface area contributed by atoms with Crippen molar-refractivity contribution in [3.8, 4) is 5.75 Å². The maximum absolute atomic E-state index is 12.0. The molecular weight excluding hydrogens is 395 g/mol. The number of hydrogen-bond acceptors (Lipinski definition) is 6. The second-order valence-electron chi connectivity index (χ2n) is 10.6. The summed E-state index contributed by atoms with van der Waals surface area (Å²) in [6, 6.07) is 5.69. The summed E-state index contributed by atoms with van der Waals surface area (Å²) < 4.78 is 24.2. The van der Waals surface area contributed by atoms with Crippen LogP contribution in [-0.2, 0) is 14.0 Å². The molecule has 1 aliphatic heterocycles. The zero-order chi connectivity index (χ0) is 23.0. The first-order valence-electron chi connectivity index (χ1n) is 11.2. The molecule has 7 nitrogen and oxygen atoms in total. The number of nitrogens with two attached hydrogens (primary N) is 1. The summed E-state index contributed by atoms with van der Waals surface area (Å²) in [5.74, 6) is 0.733. The molecule has 1 amide bonds. The Kier molecular flexibility index (Phi) is 6.54. The number of alkyl carbamates (subject to hydrolysis) is 1. The number of amides is 1. The Bertz CT molecular complexity index is 782.